The summed E-state index contributed by atoms with van der Waals surface area (Å²) in [6, 6.07) is -0.801. The zero-order valence-corrected chi connectivity index (χ0v) is 11.4. The first-order chi connectivity index (χ1) is 9.08. The van der Waals surface area contributed by atoms with Crippen molar-refractivity contribution in [3.05, 3.63) is 0 Å². The number of carbonyl (C=O) groups is 2. The van der Waals surface area contributed by atoms with E-state index < -0.39 is 12.0 Å². The van der Waals surface area contributed by atoms with Crippen LogP contribution in [-0.4, -0.2) is 53.7 Å². The maximum absolute atomic E-state index is 11.7. The molecule has 3 N–H and O–H groups in total. The predicted molar refractivity (Wildman–Crippen MR) is 71.0 cm³/mol. The van der Waals surface area contributed by atoms with Gasteiger partial charge in [0.2, 0.25) is 0 Å². The molecule has 0 spiro atoms. The van der Waals surface area contributed by atoms with Crippen molar-refractivity contribution in [1.82, 2.24) is 15.5 Å². The summed E-state index contributed by atoms with van der Waals surface area (Å²) in [5.74, 6) is -0.829. The Bertz CT molecular complexity index is 338. The lowest BCUT2D eigenvalue weighted by molar-refractivity contribution is -0.139. The van der Waals surface area contributed by atoms with Crippen LogP contribution in [0.25, 0.3) is 0 Å². The van der Waals surface area contributed by atoms with Gasteiger partial charge in [-0.1, -0.05) is 0 Å². The topological polar surface area (TPSA) is 81.7 Å². The molecule has 2 aliphatic rings. The molecule has 1 saturated heterocycles. The van der Waals surface area contributed by atoms with Gasteiger partial charge < -0.3 is 15.7 Å². The summed E-state index contributed by atoms with van der Waals surface area (Å²) in [6.45, 7) is 4.82. The molecule has 2 amide bonds. The zero-order valence-electron chi connectivity index (χ0n) is 11.4. The molecule has 108 valence electrons. The van der Waals surface area contributed by atoms with Crippen LogP contribution in [0, 0.1) is 5.92 Å². The van der Waals surface area contributed by atoms with Crippen LogP contribution < -0.4 is 10.6 Å². The molecular weight excluding hydrogens is 246 g/mol. The summed E-state index contributed by atoms with van der Waals surface area (Å²) < 4.78 is 0. The van der Waals surface area contributed by atoms with E-state index in [4.69, 9.17) is 5.11 Å². The Labute approximate surface area is 113 Å². The molecule has 0 aromatic rings. The van der Waals surface area contributed by atoms with Crippen molar-refractivity contribution in [1.29, 1.82) is 0 Å². The second-order valence-corrected chi connectivity index (χ2v) is 5.60. The standard InChI is InChI=1S/C13H23N3O3/c1-9(16-6-2-3-7-16)8-14-13(19)15-11(12(17)18)10-4-5-10/h9-11H,2-8H2,1H3,(H,17,18)(H2,14,15,19). The number of likely N-dealkylation sites (tertiary alicyclic amines) is 1. The zero-order chi connectivity index (χ0) is 13.8. The van der Waals surface area contributed by atoms with Gasteiger partial charge in [0, 0.05) is 12.6 Å². The third-order valence-corrected chi connectivity index (χ3v) is 3.97. The Morgan fingerprint density at radius 1 is 1.32 bits per heavy atom. The number of aliphatic carboxylic acids is 1. The van der Waals surface area contributed by atoms with E-state index in [0.29, 0.717) is 12.6 Å². The van der Waals surface area contributed by atoms with E-state index in [9.17, 15) is 9.59 Å². The van der Waals surface area contributed by atoms with E-state index in [-0.39, 0.29) is 11.9 Å². The highest BCUT2D eigenvalue weighted by atomic mass is 16.4. The summed E-state index contributed by atoms with van der Waals surface area (Å²) in [6.07, 6.45) is 4.22. The van der Waals surface area contributed by atoms with Crippen molar-refractivity contribution in [2.45, 2.75) is 44.7 Å². The largest absolute Gasteiger partial charge is 0.480 e. The molecule has 0 bridgehead atoms. The molecule has 2 atom stereocenters. The number of hydrogen-bond donors (Lipinski definition) is 3. The smallest absolute Gasteiger partial charge is 0.326 e. The van der Waals surface area contributed by atoms with Crippen LogP contribution in [0.2, 0.25) is 0 Å². The molecule has 1 aliphatic carbocycles. The lowest BCUT2D eigenvalue weighted by atomic mass is 10.2. The quantitative estimate of drug-likeness (QED) is 0.660. The van der Waals surface area contributed by atoms with Crippen LogP contribution >= 0.6 is 0 Å². The van der Waals surface area contributed by atoms with Gasteiger partial charge in [0.1, 0.15) is 6.04 Å². The van der Waals surface area contributed by atoms with Crippen molar-refractivity contribution in [3.63, 3.8) is 0 Å². The van der Waals surface area contributed by atoms with Gasteiger partial charge >= 0.3 is 12.0 Å². The number of carboxylic acids is 1. The van der Waals surface area contributed by atoms with Gasteiger partial charge in [-0.05, 0) is 51.6 Å². The summed E-state index contributed by atoms with van der Waals surface area (Å²) >= 11 is 0. The Morgan fingerprint density at radius 3 is 2.47 bits per heavy atom. The Hall–Kier alpha value is -1.30. The lowest BCUT2D eigenvalue weighted by Gasteiger charge is -2.24. The first-order valence-electron chi connectivity index (χ1n) is 7.09. The number of amides is 2. The van der Waals surface area contributed by atoms with E-state index in [0.717, 1.165) is 25.9 Å². The van der Waals surface area contributed by atoms with Gasteiger partial charge in [0.05, 0.1) is 0 Å². The number of carboxylic acid groups (broad SMARTS) is 1. The highest BCUT2D eigenvalue weighted by Crippen LogP contribution is 2.32. The Balaban J connectivity index is 1.69. The summed E-state index contributed by atoms with van der Waals surface area (Å²) in [4.78, 5) is 25.1. The summed E-state index contributed by atoms with van der Waals surface area (Å²) in [5, 5.41) is 14.4. The number of hydrogen-bond acceptors (Lipinski definition) is 3. The molecule has 0 aromatic carbocycles. The van der Waals surface area contributed by atoms with Crippen molar-refractivity contribution >= 4 is 12.0 Å². The SMILES string of the molecule is CC(CNC(=O)NC(C(=O)O)C1CC1)N1CCCC1. The number of rotatable bonds is 6. The second kappa shape index (κ2) is 6.23. The lowest BCUT2D eigenvalue weighted by Crippen LogP contribution is -2.50. The average Bonchev–Trinajstić information content (AvgIpc) is 3.06. The number of nitrogens with zero attached hydrogens (tertiary/aromatic N) is 1. The van der Waals surface area contributed by atoms with Crippen LogP contribution in [0.4, 0.5) is 4.79 Å². The van der Waals surface area contributed by atoms with Crippen LogP contribution in [0.5, 0.6) is 0 Å². The maximum atomic E-state index is 11.7. The molecule has 6 heteroatoms. The molecular formula is C13H23N3O3. The fourth-order valence-corrected chi connectivity index (χ4v) is 2.55. The molecule has 0 radical (unpaired) electrons. The van der Waals surface area contributed by atoms with Crippen molar-refractivity contribution in [2.75, 3.05) is 19.6 Å². The van der Waals surface area contributed by atoms with Crippen LogP contribution in [0.1, 0.15) is 32.6 Å². The fraction of sp³-hybridized carbons (Fsp3) is 0.846. The molecule has 19 heavy (non-hydrogen) atoms. The maximum Gasteiger partial charge on any atom is 0.326 e. The van der Waals surface area contributed by atoms with E-state index in [1.807, 2.05) is 0 Å². The number of urea groups is 1. The Morgan fingerprint density at radius 2 is 1.95 bits per heavy atom. The van der Waals surface area contributed by atoms with Gasteiger partial charge in [-0.3, -0.25) is 4.90 Å². The Kier molecular flexibility index (Phi) is 4.63. The molecule has 2 unspecified atom stereocenters. The minimum absolute atomic E-state index is 0.110. The third kappa shape index (κ3) is 4.09. The summed E-state index contributed by atoms with van der Waals surface area (Å²) in [5.41, 5.74) is 0. The van der Waals surface area contributed by atoms with Gasteiger partial charge in [-0.15, -0.1) is 0 Å². The molecule has 0 aromatic heterocycles. The van der Waals surface area contributed by atoms with Crippen molar-refractivity contribution in [3.8, 4) is 0 Å². The molecule has 1 aliphatic heterocycles. The van der Waals surface area contributed by atoms with Crippen LogP contribution in [-0.2, 0) is 4.79 Å². The van der Waals surface area contributed by atoms with Crippen LogP contribution in [0.15, 0.2) is 0 Å². The normalized spacial score (nSPS) is 22.8. The van der Waals surface area contributed by atoms with E-state index >= 15 is 0 Å². The van der Waals surface area contributed by atoms with Gasteiger partial charge in [-0.2, -0.15) is 0 Å². The summed E-state index contributed by atoms with van der Waals surface area (Å²) in [7, 11) is 0. The number of nitrogens with one attached hydrogen (secondary N) is 2. The molecule has 2 rings (SSSR count). The molecule has 1 saturated carbocycles. The van der Waals surface area contributed by atoms with E-state index in [2.05, 4.69) is 22.5 Å². The minimum atomic E-state index is -0.940. The van der Waals surface area contributed by atoms with Crippen LogP contribution in [0.3, 0.4) is 0 Å². The van der Waals surface area contributed by atoms with Crippen molar-refractivity contribution in [2.24, 2.45) is 5.92 Å². The minimum Gasteiger partial charge on any atom is -0.480 e. The van der Waals surface area contributed by atoms with Gasteiger partial charge in [0.25, 0.3) is 0 Å². The first kappa shape index (κ1) is 14.1. The first-order valence-corrected chi connectivity index (χ1v) is 7.09. The monoisotopic (exact) mass is 269 g/mol. The fourth-order valence-electron chi connectivity index (χ4n) is 2.55. The second-order valence-electron chi connectivity index (χ2n) is 5.60. The average molecular weight is 269 g/mol. The number of carbonyl (C=O) groups excluding carboxylic acids is 1. The molecule has 2 fully saturated rings. The highest BCUT2D eigenvalue weighted by molar-refractivity contribution is 5.83. The van der Waals surface area contributed by atoms with E-state index in [1.165, 1.54) is 12.8 Å². The van der Waals surface area contributed by atoms with Gasteiger partial charge in [-0.25, -0.2) is 9.59 Å². The highest BCUT2D eigenvalue weighted by Gasteiger charge is 2.37. The predicted octanol–water partition coefficient (Wildman–Crippen LogP) is 0.633. The van der Waals surface area contributed by atoms with E-state index in [1.54, 1.807) is 0 Å². The van der Waals surface area contributed by atoms with Gasteiger partial charge in [0.15, 0.2) is 0 Å². The molecule has 6 nitrogen and oxygen atoms in total. The molecule has 1 heterocycles. The third-order valence-electron chi connectivity index (χ3n) is 3.97. The van der Waals surface area contributed by atoms with Crippen molar-refractivity contribution < 1.29 is 14.7 Å².